The van der Waals surface area contributed by atoms with Crippen LogP contribution in [0.1, 0.15) is 45.1 Å². The molecular formula is C18H25ClN2O4. The number of halogens is 1. The molecule has 1 aromatic carbocycles. The molecule has 7 heteroatoms. The molecule has 0 radical (unpaired) electrons. The molecule has 0 aromatic heterocycles. The molecule has 1 aromatic rings. The smallest absolute Gasteiger partial charge is 0.339 e. The average Bonchev–Trinajstić information content (AvgIpc) is 2.57. The van der Waals surface area contributed by atoms with Crippen LogP contribution in [0.15, 0.2) is 17.7 Å². The first kappa shape index (κ1) is 20.8. The minimum atomic E-state index is -1.29. The van der Waals surface area contributed by atoms with Crippen molar-refractivity contribution in [3.63, 3.8) is 0 Å². The fourth-order valence-corrected chi connectivity index (χ4v) is 2.25. The third-order valence-electron chi connectivity index (χ3n) is 3.50. The van der Waals surface area contributed by atoms with E-state index in [1.807, 2.05) is 6.92 Å². The summed E-state index contributed by atoms with van der Waals surface area (Å²) < 4.78 is 11.4. The number of rotatable bonds is 11. The van der Waals surface area contributed by atoms with Crippen LogP contribution >= 0.6 is 11.6 Å². The van der Waals surface area contributed by atoms with Crippen LogP contribution in [0.3, 0.4) is 0 Å². The highest BCUT2D eigenvalue weighted by atomic mass is 35.5. The monoisotopic (exact) mass is 368 g/mol. The highest BCUT2D eigenvalue weighted by Gasteiger charge is 2.18. The van der Waals surface area contributed by atoms with E-state index in [1.165, 1.54) is 6.07 Å². The van der Waals surface area contributed by atoms with E-state index in [1.54, 1.807) is 6.07 Å². The van der Waals surface area contributed by atoms with Gasteiger partial charge in [0.05, 0.1) is 23.9 Å². The molecule has 0 atom stereocenters. The number of benzene rings is 1. The predicted octanol–water partition coefficient (Wildman–Crippen LogP) is 4.10. The van der Waals surface area contributed by atoms with E-state index in [0.29, 0.717) is 41.5 Å². The molecule has 0 saturated carbocycles. The number of ether oxygens (including phenoxy) is 2. The number of carbonyl (C=O) groups is 1. The Labute approximate surface area is 153 Å². The first-order valence-electron chi connectivity index (χ1n) is 8.29. The fraction of sp³-hybridized carbons (Fsp3) is 0.444. The van der Waals surface area contributed by atoms with Crippen LogP contribution in [0.4, 0.5) is 0 Å². The summed E-state index contributed by atoms with van der Waals surface area (Å²) in [4.78, 5) is 11.3. The summed E-state index contributed by atoms with van der Waals surface area (Å²) in [5.74, 6) is -0.432. The second kappa shape index (κ2) is 10.6. The van der Waals surface area contributed by atoms with Gasteiger partial charge in [-0.15, -0.1) is 0 Å². The van der Waals surface area contributed by atoms with Crippen molar-refractivity contribution in [2.75, 3.05) is 13.2 Å². The highest BCUT2D eigenvalue weighted by molar-refractivity contribution is 6.32. The summed E-state index contributed by atoms with van der Waals surface area (Å²) in [5, 5.41) is 16.8. The van der Waals surface area contributed by atoms with Crippen molar-refractivity contribution in [2.45, 2.75) is 39.5 Å². The Hall–Kier alpha value is -2.21. The van der Waals surface area contributed by atoms with Gasteiger partial charge in [-0.25, -0.2) is 4.79 Å². The summed E-state index contributed by atoms with van der Waals surface area (Å²) in [6.45, 7) is 5.08. The lowest BCUT2D eigenvalue weighted by Crippen LogP contribution is -2.12. The van der Waals surface area contributed by atoms with Gasteiger partial charge in [0.15, 0.2) is 0 Å². The van der Waals surface area contributed by atoms with Gasteiger partial charge in [0.2, 0.25) is 0 Å². The summed E-state index contributed by atoms with van der Waals surface area (Å²) in [7, 11) is 0. The number of nitrogens with one attached hydrogen (secondary N) is 1. The number of nitrogens with two attached hydrogens (primary N) is 1. The third-order valence-corrected chi connectivity index (χ3v) is 3.80. The zero-order valence-corrected chi connectivity index (χ0v) is 15.4. The van der Waals surface area contributed by atoms with Crippen LogP contribution < -0.4 is 15.2 Å². The van der Waals surface area contributed by atoms with Gasteiger partial charge in [0.25, 0.3) is 0 Å². The fourth-order valence-electron chi connectivity index (χ4n) is 2.03. The van der Waals surface area contributed by atoms with Crippen molar-refractivity contribution < 1.29 is 19.4 Å². The van der Waals surface area contributed by atoms with E-state index in [9.17, 15) is 9.90 Å². The van der Waals surface area contributed by atoms with Gasteiger partial charge in [-0.1, -0.05) is 38.3 Å². The summed E-state index contributed by atoms with van der Waals surface area (Å²) in [6.07, 6.45) is 4.38. The highest BCUT2D eigenvalue weighted by Crippen LogP contribution is 2.36. The van der Waals surface area contributed by atoms with Crippen molar-refractivity contribution in [3.8, 4) is 11.5 Å². The van der Waals surface area contributed by atoms with Crippen LogP contribution in [0.2, 0.25) is 5.02 Å². The molecular weight excluding hydrogens is 344 g/mol. The number of hydrogen-bond acceptors (Lipinski definition) is 5. The Morgan fingerprint density at radius 3 is 2.24 bits per heavy atom. The standard InChI is InChI=1S/C18H25ClN2O4/c1-3-5-7-24-15-10-16(25-8-6-4-2)14(19)9-12(15)17(21)13(11-20)18(22)23/h9-11,20H,3-8,21H2,1-2H3,(H,22,23). The first-order chi connectivity index (χ1) is 12.0. The van der Waals surface area contributed by atoms with E-state index in [4.69, 9.17) is 32.2 Å². The summed E-state index contributed by atoms with van der Waals surface area (Å²) >= 11 is 6.25. The molecule has 0 fully saturated rings. The minimum absolute atomic E-state index is 0.0731. The van der Waals surface area contributed by atoms with E-state index >= 15 is 0 Å². The van der Waals surface area contributed by atoms with Gasteiger partial charge in [-0.05, 0) is 18.9 Å². The Morgan fingerprint density at radius 2 is 1.76 bits per heavy atom. The molecule has 0 spiro atoms. The van der Waals surface area contributed by atoms with Gasteiger partial charge in [0, 0.05) is 17.8 Å². The molecule has 6 nitrogen and oxygen atoms in total. The SMILES string of the molecule is CCCCOc1cc(OCCCC)c(C(N)=C(C=N)C(=O)O)cc1Cl. The molecule has 0 bridgehead atoms. The lowest BCUT2D eigenvalue weighted by Gasteiger charge is -2.16. The molecule has 0 saturated heterocycles. The molecule has 0 amide bonds. The maximum atomic E-state index is 11.3. The topological polar surface area (TPSA) is 106 Å². The van der Waals surface area contributed by atoms with Gasteiger partial charge in [-0.2, -0.15) is 0 Å². The maximum Gasteiger partial charge on any atom is 0.339 e. The van der Waals surface area contributed by atoms with Gasteiger partial charge in [-0.3, -0.25) is 0 Å². The lowest BCUT2D eigenvalue weighted by atomic mass is 10.1. The molecule has 0 heterocycles. The largest absolute Gasteiger partial charge is 0.493 e. The molecule has 0 aliphatic carbocycles. The van der Waals surface area contributed by atoms with Crippen LogP contribution in [-0.4, -0.2) is 30.5 Å². The Balaban J connectivity index is 3.31. The minimum Gasteiger partial charge on any atom is -0.493 e. The molecule has 0 aliphatic heterocycles. The molecule has 0 unspecified atom stereocenters. The molecule has 1 rings (SSSR count). The summed E-state index contributed by atoms with van der Waals surface area (Å²) in [5.41, 5.74) is 5.91. The molecule has 0 aliphatic rings. The van der Waals surface area contributed by atoms with Crippen molar-refractivity contribution in [2.24, 2.45) is 5.73 Å². The molecule has 25 heavy (non-hydrogen) atoms. The Bertz CT molecular complexity index is 644. The van der Waals surface area contributed by atoms with Crippen molar-refractivity contribution in [1.82, 2.24) is 0 Å². The van der Waals surface area contributed by atoms with Crippen molar-refractivity contribution >= 4 is 29.5 Å². The Kier molecular flexibility index (Phi) is 8.84. The van der Waals surface area contributed by atoms with Crippen LogP contribution in [-0.2, 0) is 4.79 Å². The van der Waals surface area contributed by atoms with E-state index in [0.717, 1.165) is 25.7 Å². The number of unbranched alkanes of at least 4 members (excludes halogenated alkanes) is 2. The van der Waals surface area contributed by atoms with E-state index in [-0.39, 0.29) is 11.3 Å². The quantitative estimate of drug-likeness (QED) is 0.310. The Morgan fingerprint density at radius 1 is 1.20 bits per heavy atom. The zero-order valence-electron chi connectivity index (χ0n) is 14.6. The van der Waals surface area contributed by atoms with E-state index < -0.39 is 5.97 Å². The third kappa shape index (κ3) is 5.98. The van der Waals surface area contributed by atoms with Gasteiger partial charge in [0.1, 0.15) is 17.1 Å². The normalized spacial score (nSPS) is 11.6. The lowest BCUT2D eigenvalue weighted by molar-refractivity contribution is -0.131. The zero-order chi connectivity index (χ0) is 18.8. The maximum absolute atomic E-state index is 11.3. The predicted molar refractivity (Wildman–Crippen MR) is 99.8 cm³/mol. The van der Waals surface area contributed by atoms with Crippen LogP contribution in [0, 0.1) is 5.41 Å². The molecule has 138 valence electrons. The molecule has 4 N–H and O–H groups in total. The number of hydrogen-bond donors (Lipinski definition) is 3. The van der Waals surface area contributed by atoms with Crippen LogP contribution in [0.5, 0.6) is 11.5 Å². The first-order valence-corrected chi connectivity index (χ1v) is 8.67. The van der Waals surface area contributed by atoms with Gasteiger partial charge >= 0.3 is 5.97 Å². The second-order valence-electron chi connectivity index (χ2n) is 5.46. The van der Waals surface area contributed by atoms with Crippen molar-refractivity contribution in [3.05, 3.63) is 28.3 Å². The van der Waals surface area contributed by atoms with Crippen molar-refractivity contribution in [1.29, 1.82) is 5.41 Å². The van der Waals surface area contributed by atoms with Crippen LogP contribution in [0.25, 0.3) is 5.70 Å². The average molecular weight is 369 g/mol. The van der Waals surface area contributed by atoms with E-state index in [2.05, 4.69) is 6.92 Å². The number of carboxylic acid groups (broad SMARTS) is 1. The van der Waals surface area contributed by atoms with Gasteiger partial charge < -0.3 is 25.7 Å². The second-order valence-corrected chi connectivity index (χ2v) is 5.87. The summed E-state index contributed by atoms with van der Waals surface area (Å²) in [6, 6.07) is 3.14. The number of aliphatic carboxylic acids is 1. The number of carboxylic acids is 1.